The Morgan fingerprint density at radius 1 is 1.14 bits per heavy atom. The Labute approximate surface area is 171 Å². The van der Waals surface area contributed by atoms with Gasteiger partial charge in [0, 0.05) is 24.1 Å². The maximum Gasteiger partial charge on any atom is 0.410 e. The van der Waals surface area contributed by atoms with E-state index in [2.05, 4.69) is 12.1 Å². The molecule has 1 amide bonds. The van der Waals surface area contributed by atoms with Crippen LogP contribution in [0.1, 0.15) is 65.5 Å². The number of ether oxygens (including phenoxy) is 1. The molecule has 0 unspecified atom stereocenters. The van der Waals surface area contributed by atoms with Crippen molar-refractivity contribution in [2.75, 3.05) is 13.1 Å². The third kappa shape index (κ3) is 4.38. The van der Waals surface area contributed by atoms with Gasteiger partial charge < -0.3 is 14.2 Å². The van der Waals surface area contributed by atoms with Crippen LogP contribution in [0.4, 0.5) is 4.79 Å². The normalized spacial score (nSPS) is 21.7. The molecule has 5 nitrogen and oxygen atoms in total. The molecule has 1 fully saturated rings. The van der Waals surface area contributed by atoms with Crippen LogP contribution in [0.2, 0.25) is 0 Å². The largest absolute Gasteiger partial charge is 0.591 e. The number of benzene rings is 1. The summed E-state index contributed by atoms with van der Waals surface area (Å²) in [6.07, 6.45) is 2.25. The molecule has 1 atom stereocenters. The summed E-state index contributed by atoms with van der Waals surface area (Å²) in [5, 5.41) is 0. The lowest BCUT2D eigenvalue weighted by atomic mass is 9.74. The summed E-state index contributed by atoms with van der Waals surface area (Å²) in [4.78, 5) is 14.2. The SMILES string of the molecule is CC(C)(C)OC(=O)N1CCC2(CC1)Cc1ccccc1C2=N[S@+]([O-])C(C)(C)C. The van der Waals surface area contributed by atoms with Crippen molar-refractivity contribution in [2.24, 2.45) is 9.81 Å². The smallest absolute Gasteiger partial charge is 0.410 e. The van der Waals surface area contributed by atoms with Crippen LogP contribution < -0.4 is 0 Å². The zero-order valence-corrected chi connectivity index (χ0v) is 18.7. The first-order valence-electron chi connectivity index (χ1n) is 9.99. The summed E-state index contributed by atoms with van der Waals surface area (Å²) in [7, 11) is 0. The van der Waals surface area contributed by atoms with Crippen molar-refractivity contribution in [3.8, 4) is 0 Å². The molecule has 6 heteroatoms. The second-order valence-electron chi connectivity index (χ2n) is 9.88. The predicted octanol–water partition coefficient (Wildman–Crippen LogP) is 4.51. The third-order valence-corrected chi connectivity index (χ3v) is 6.77. The molecule has 1 aliphatic heterocycles. The number of carbonyl (C=O) groups excluding carboxylic acids is 1. The van der Waals surface area contributed by atoms with Crippen LogP contribution in [0.15, 0.2) is 28.7 Å². The number of hydrogen-bond donors (Lipinski definition) is 0. The first kappa shape index (κ1) is 21.2. The van der Waals surface area contributed by atoms with E-state index in [0.29, 0.717) is 13.1 Å². The van der Waals surface area contributed by atoms with Crippen molar-refractivity contribution in [2.45, 2.75) is 71.2 Å². The Bertz CT molecular complexity index is 769. The van der Waals surface area contributed by atoms with Gasteiger partial charge in [0.05, 0.1) is 0 Å². The standard InChI is InChI=1S/C22H32N2O3S/c1-20(2,3)27-19(25)24-13-11-22(12-14-24)15-16-9-7-8-10-17(16)18(22)23-28(26)21(4,5)6/h7-10H,11-15H2,1-6H3/t28-/m1/s1. The summed E-state index contributed by atoms with van der Waals surface area (Å²) in [5.41, 5.74) is 2.69. The second-order valence-corrected chi connectivity index (χ2v) is 11.8. The number of likely N-dealkylation sites (tertiary alicyclic amines) is 1. The maximum atomic E-state index is 12.8. The van der Waals surface area contributed by atoms with Crippen LogP contribution in [0.3, 0.4) is 0 Å². The minimum atomic E-state index is -1.31. The van der Waals surface area contributed by atoms with Gasteiger partial charge in [0.2, 0.25) is 0 Å². The molecule has 1 saturated heterocycles. The topological polar surface area (TPSA) is 65.0 Å². The van der Waals surface area contributed by atoms with E-state index in [9.17, 15) is 9.35 Å². The van der Waals surface area contributed by atoms with Gasteiger partial charge in [-0.15, -0.1) is 0 Å². The summed E-state index contributed by atoms with van der Waals surface area (Å²) in [5.74, 6) is 0. The fourth-order valence-corrected chi connectivity index (χ4v) is 4.59. The lowest BCUT2D eigenvalue weighted by Gasteiger charge is -2.39. The van der Waals surface area contributed by atoms with Crippen LogP contribution in [0.5, 0.6) is 0 Å². The molecule has 154 valence electrons. The molecule has 1 aromatic rings. The Balaban J connectivity index is 1.85. The molecular formula is C22H32N2O3S. The number of hydrogen-bond acceptors (Lipinski definition) is 4. The molecule has 2 aliphatic rings. The number of rotatable bonds is 1. The van der Waals surface area contributed by atoms with Crippen molar-refractivity contribution in [3.63, 3.8) is 0 Å². The molecule has 1 aromatic carbocycles. The molecular weight excluding hydrogens is 372 g/mol. The van der Waals surface area contributed by atoms with Gasteiger partial charge in [-0.25, -0.2) is 4.79 Å². The van der Waals surface area contributed by atoms with Crippen LogP contribution in [-0.2, 0) is 22.5 Å². The summed E-state index contributed by atoms with van der Waals surface area (Å²) < 4.78 is 22.7. The number of piperidine rings is 1. The highest BCUT2D eigenvalue weighted by atomic mass is 32.2. The maximum absolute atomic E-state index is 12.8. The predicted molar refractivity (Wildman–Crippen MR) is 114 cm³/mol. The van der Waals surface area contributed by atoms with Crippen LogP contribution >= 0.6 is 0 Å². The van der Waals surface area contributed by atoms with Crippen LogP contribution in [-0.4, -0.2) is 44.7 Å². The fraction of sp³-hybridized carbons (Fsp3) is 0.636. The third-order valence-electron chi connectivity index (χ3n) is 5.37. The lowest BCUT2D eigenvalue weighted by Crippen LogP contribution is -2.47. The highest BCUT2D eigenvalue weighted by Gasteiger charge is 2.48. The van der Waals surface area contributed by atoms with Crippen LogP contribution in [0, 0.1) is 5.41 Å². The zero-order chi connectivity index (χ0) is 20.7. The molecule has 0 bridgehead atoms. The van der Waals surface area contributed by atoms with E-state index in [4.69, 9.17) is 9.13 Å². The van der Waals surface area contributed by atoms with E-state index in [-0.39, 0.29) is 11.5 Å². The Morgan fingerprint density at radius 3 is 2.32 bits per heavy atom. The monoisotopic (exact) mass is 404 g/mol. The van der Waals surface area contributed by atoms with Gasteiger partial charge in [-0.2, -0.15) is 0 Å². The number of carbonyl (C=O) groups is 1. The quantitative estimate of drug-likeness (QED) is 0.647. The van der Waals surface area contributed by atoms with Gasteiger partial charge in [0.15, 0.2) is 0 Å². The summed E-state index contributed by atoms with van der Waals surface area (Å²) in [6, 6.07) is 8.29. The van der Waals surface area contributed by atoms with Gasteiger partial charge >= 0.3 is 6.09 Å². The molecule has 1 heterocycles. The van der Waals surface area contributed by atoms with Crippen molar-refractivity contribution in [3.05, 3.63) is 35.4 Å². The summed E-state index contributed by atoms with van der Waals surface area (Å²) in [6.45, 7) is 12.8. The van der Waals surface area contributed by atoms with Crippen LogP contribution in [0.25, 0.3) is 0 Å². The minimum absolute atomic E-state index is 0.150. The molecule has 0 aromatic heterocycles. The molecule has 0 radical (unpaired) electrons. The average molecular weight is 405 g/mol. The molecule has 0 N–H and O–H groups in total. The molecule has 28 heavy (non-hydrogen) atoms. The zero-order valence-electron chi connectivity index (χ0n) is 17.9. The Hall–Kier alpha value is -1.53. The van der Waals surface area contributed by atoms with E-state index in [0.717, 1.165) is 30.5 Å². The number of nitrogens with zero attached hydrogens (tertiary/aromatic N) is 2. The fourth-order valence-electron chi connectivity index (χ4n) is 3.86. The minimum Gasteiger partial charge on any atom is -0.591 e. The Kier molecular flexibility index (Phi) is 5.58. The van der Waals surface area contributed by atoms with E-state index < -0.39 is 21.7 Å². The average Bonchev–Trinajstić information content (AvgIpc) is 2.86. The van der Waals surface area contributed by atoms with Gasteiger partial charge in [-0.3, -0.25) is 0 Å². The molecule has 1 spiro atoms. The number of fused-ring (bicyclic) bond motifs is 1. The molecule has 1 aliphatic carbocycles. The van der Waals surface area contributed by atoms with Gasteiger partial charge in [-0.1, -0.05) is 28.7 Å². The van der Waals surface area contributed by atoms with E-state index >= 15 is 0 Å². The van der Waals surface area contributed by atoms with E-state index in [1.165, 1.54) is 5.56 Å². The van der Waals surface area contributed by atoms with Crippen molar-refractivity contribution < 1.29 is 14.1 Å². The van der Waals surface area contributed by atoms with E-state index in [1.807, 2.05) is 53.7 Å². The summed E-state index contributed by atoms with van der Waals surface area (Å²) >= 11 is -1.31. The first-order chi connectivity index (χ1) is 12.9. The van der Waals surface area contributed by atoms with Crippen molar-refractivity contribution >= 4 is 23.2 Å². The van der Waals surface area contributed by atoms with Gasteiger partial charge in [-0.05, 0) is 66.4 Å². The highest BCUT2D eigenvalue weighted by molar-refractivity contribution is 7.91. The second kappa shape index (κ2) is 7.38. The molecule has 3 rings (SSSR count). The van der Waals surface area contributed by atoms with Gasteiger partial charge in [0.1, 0.15) is 27.4 Å². The first-order valence-corrected chi connectivity index (χ1v) is 11.1. The number of amides is 1. The Morgan fingerprint density at radius 2 is 1.75 bits per heavy atom. The molecule has 0 saturated carbocycles. The highest BCUT2D eigenvalue weighted by Crippen LogP contribution is 2.46. The van der Waals surface area contributed by atoms with Crippen molar-refractivity contribution in [1.82, 2.24) is 4.90 Å². The van der Waals surface area contributed by atoms with E-state index in [1.54, 1.807) is 4.90 Å². The van der Waals surface area contributed by atoms with Gasteiger partial charge in [0.25, 0.3) is 0 Å². The van der Waals surface area contributed by atoms with Crippen molar-refractivity contribution in [1.29, 1.82) is 0 Å². The lowest BCUT2D eigenvalue weighted by molar-refractivity contribution is 0.0159.